The van der Waals surface area contributed by atoms with Crippen molar-refractivity contribution >= 4 is 11.9 Å². The number of amides is 1. The average molecular weight is 281 g/mol. The second-order valence-corrected chi connectivity index (χ2v) is 5.20. The van der Waals surface area contributed by atoms with E-state index in [4.69, 9.17) is 10.8 Å². The van der Waals surface area contributed by atoms with Crippen LogP contribution >= 0.6 is 0 Å². The first kappa shape index (κ1) is 14.4. The molecule has 1 fully saturated rings. The van der Waals surface area contributed by atoms with Crippen molar-refractivity contribution in [1.29, 1.82) is 0 Å². The molecule has 3 N–H and O–H groups in total. The lowest BCUT2D eigenvalue weighted by Gasteiger charge is -2.40. The minimum absolute atomic E-state index is 0.0244. The lowest BCUT2D eigenvalue weighted by Crippen LogP contribution is -2.57. The Bertz CT molecular complexity index is 509. The van der Waals surface area contributed by atoms with Gasteiger partial charge in [0.2, 0.25) is 5.91 Å². The van der Waals surface area contributed by atoms with Crippen molar-refractivity contribution in [2.24, 2.45) is 11.7 Å². The van der Waals surface area contributed by atoms with E-state index < -0.39 is 12.0 Å². The van der Waals surface area contributed by atoms with Crippen LogP contribution in [0.5, 0.6) is 0 Å². The van der Waals surface area contributed by atoms with Gasteiger partial charge in [-0.3, -0.25) is 4.79 Å². The second-order valence-electron chi connectivity index (χ2n) is 5.20. The van der Waals surface area contributed by atoms with E-state index in [9.17, 15) is 9.59 Å². The molecular weight excluding hydrogens is 262 g/mol. The molecular formula is C12H19N5O3. The second kappa shape index (κ2) is 5.58. The highest BCUT2D eigenvalue weighted by atomic mass is 16.4. The highest BCUT2D eigenvalue weighted by molar-refractivity contribution is 5.84. The molecule has 2 unspecified atom stereocenters. The van der Waals surface area contributed by atoms with Crippen molar-refractivity contribution in [1.82, 2.24) is 19.9 Å². The number of likely N-dealkylation sites (tertiary alicyclic amines) is 1. The van der Waals surface area contributed by atoms with Gasteiger partial charge in [-0.1, -0.05) is 25.5 Å². The predicted octanol–water partition coefficient (Wildman–Crippen LogP) is -0.267. The van der Waals surface area contributed by atoms with Crippen LogP contribution in [0.4, 0.5) is 0 Å². The zero-order valence-electron chi connectivity index (χ0n) is 11.6. The van der Waals surface area contributed by atoms with Gasteiger partial charge in [0, 0.05) is 13.1 Å². The van der Waals surface area contributed by atoms with Gasteiger partial charge in [0.15, 0.2) is 5.69 Å². The van der Waals surface area contributed by atoms with Crippen molar-refractivity contribution < 1.29 is 14.7 Å². The first-order valence-corrected chi connectivity index (χ1v) is 6.63. The van der Waals surface area contributed by atoms with Crippen LogP contribution in [-0.2, 0) is 4.79 Å². The molecule has 8 heteroatoms. The Kier molecular flexibility index (Phi) is 4.03. The maximum absolute atomic E-state index is 12.1. The molecule has 110 valence electrons. The van der Waals surface area contributed by atoms with E-state index in [2.05, 4.69) is 10.3 Å². The molecule has 0 saturated carbocycles. The van der Waals surface area contributed by atoms with Gasteiger partial charge in [0.25, 0.3) is 0 Å². The number of carbonyl (C=O) groups excluding carboxylic acids is 1. The van der Waals surface area contributed by atoms with Crippen molar-refractivity contribution in [2.75, 3.05) is 13.1 Å². The molecule has 1 aromatic heterocycles. The van der Waals surface area contributed by atoms with Crippen molar-refractivity contribution in [3.63, 3.8) is 0 Å². The fourth-order valence-corrected chi connectivity index (χ4v) is 2.06. The molecule has 2 heterocycles. The minimum atomic E-state index is -1.11. The molecule has 1 amide bonds. The van der Waals surface area contributed by atoms with Crippen LogP contribution in [0.25, 0.3) is 0 Å². The maximum atomic E-state index is 12.1. The van der Waals surface area contributed by atoms with Crippen molar-refractivity contribution in [3.8, 4) is 0 Å². The Morgan fingerprint density at radius 3 is 2.70 bits per heavy atom. The van der Waals surface area contributed by atoms with E-state index in [1.807, 2.05) is 13.8 Å². The number of aromatic carboxylic acids is 1. The van der Waals surface area contributed by atoms with Gasteiger partial charge in [-0.15, -0.1) is 5.10 Å². The number of hydrogen-bond acceptors (Lipinski definition) is 5. The summed E-state index contributed by atoms with van der Waals surface area (Å²) in [6.07, 6.45) is 2.23. The zero-order chi connectivity index (χ0) is 14.9. The third-order valence-corrected chi connectivity index (χ3v) is 3.82. The highest BCUT2D eigenvalue weighted by Gasteiger charge is 2.36. The molecule has 0 spiro atoms. The number of nitrogens with zero attached hydrogens (tertiary/aromatic N) is 4. The molecule has 0 aromatic carbocycles. The molecule has 1 aliphatic heterocycles. The largest absolute Gasteiger partial charge is 0.476 e. The van der Waals surface area contributed by atoms with E-state index in [1.54, 1.807) is 4.90 Å². The van der Waals surface area contributed by atoms with Crippen LogP contribution < -0.4 is 5.73 Å². The first-order chi connectivity index (χ1) is 9.43. The van der Waals surface area contributed by atoms with E-state index in [1.165, 1.54) is 10.9 Å². The minimum Gasteiger partial charge on any atom is -0.476 e. The predicted molar refractivity (Wildman–Crippen MR) is 70.0 cm³/mol. The summed E-state index contributed by atoms with van der Waals surface area (Å²) < 4.78 is 1.49. The van der Waals surface area contributed by atoms with Gasteiger partial charge in [0.05, 0.1) is 18.3 Å². The molecule has 0 radical (unpaired) electrons. The third-order valence-electron chi connectivity index (χ3n) is 3.82. The molecule has 2 rings (SSSR count). The molecule has 1 aromatic rings. The van der Waals surface area contributed by atoms with E-state index in [0.717, 1.165) is 6.42 Å². The number of carboxylic acids is 1. The number of carboxylic acid groups (broad SMARTS) is 1. The van der Waals surface area contributed by atoms with E-state index in [-0.39, 0.29) is 23.6 Å². The van der Waals surface area contributed by atoms with Crippen LogP contribution in [0.3, 0.4) is 0 Å². The lowest BCUT2D eigenvalue weighted by molar-refractivity contribution is -0.139. The summed E-state index contributed by atoms with van der Waals surface area (Å²) in [4.78, 5) is 24.5. The number of carbonyl (C=O) groups is 2. The topological polar surface area (TPSA) is 114 Å². The van der Waals surface area contributed by atoms with Gasteiger partial charge in [-0.05, 0) is 5.92 Å². The van der Waals surface area contributed by atoms with E-state index in [0.29, 0.717) is 13.1 Å². The highest BCUT2D eigenvalue weighted by Crippen LogP contribution is 2.22. The van der Waals surface area contributed by atoms with E-state index >= 15 is 0 Å². The van der Waals surface area contributed by atoms with Gasteiger partial charge >= 0.3 is 5.97 Å². The molecule has 0 aliphatic carbocycles. The fourth-order valence-electron chi connectivity index (χ4n) is 2.06. The van der Waals surface area contributed by atoms with Gasteiger partial charge in [0.1, 0.15) is 0 Å². The summed E-state index contributed by atoms with van der Waals surface area (Å²) in [7, 11) is 0. The molecule has 20 heavy (non-hydrogen) atoms. The summed E-state index contributed by atoms with van der Waals surface area (Å²) in [5, 5.41) is 16.1. The summed E-state index contributed by atoms with van der Waals surface area (Å²) in [6.45, 7) is 4.94. The van der Waals surface area contributed by atoms with Crippen LogP contribution in [0.1, 0.15) is 36.8 Å². The Balaban J connectivity index is 1.90. The van der Waals surface area contributed by atoms with Crippen LogP contribution in [-0.4, -0.2) is 56.0 Å². The quantitative estimate of drug-likeness (QED) is 0.768. The molecule has 2 atom stereocenters. The molecule has 0 bridgehead atoms. The van der Waals surface area contributed by atoms with Crippen LogP contribution in [0, 0.1) is 5.92 Å². The zero-order valence-corrected chi connectivity index (χ0v) is 11.6. The summed E-state index contributed by atoms with van der Waals surface area (Å²) in [6, 6.07) is -0.505. The van der Waals surface area contributed by atoms with Gasteiger partial charge < -0.3 is 15.7 Å². The maximum Gasteiger partial charge on any atom is 0.358 e. The average Bonchev–Trinajstić information content (AvgIpc) is 2.84. The normalized spacial score (nSPS) is 18.4. The Morgan fingerprint density at radius 1 is 1.55 bits per heavy atom. The van der Waals surface area contributed by atoms with Crippen molar-refractivity contribution in [2.45, 2.75) is 32.4 Å². The number of aromatic nitrogens is 3. The number of rotatable bonds is 5. The summed E-state index contributed by atoms with van der Waals surface area (Å²) >= 11 is 0. The monoisotopic (exact) mass is 281 g/mol. The SMILES string of the molecule is CCC(C)C(N)C(=O)N1CC(n2cc(C(=O)O)nn2)C1. The van der Waals surface area contributed by atoms with Crippen molar-refractivity contribution in [3.05, 3.63) is 11.9 Å². The van der Waals surface area contributed by atoms with Gasteiger partial charge in [-0.25, -0.2) is 9.48 Å². The number of nitrogens with two attached hydrogens (primary N) is 1. The van der Waals surface area contributed by atoms with Crippen LogP contribution in [0.2, 0.25) is 0 Å². The summed E-state index contributed by atoms with van der Waals surface area (Å²) in [5.74, 6) is -1.02. The standard InChI is InChI=1S/C12H19N5O3/c1-3-7(2)10(13)11(18)16-4-8(5-16)17-6-9(12(19)20)14-15-17/h6-8,10H,3-5,13H2,1-2H3,(H,19,20). The lowest BCUT2D eigenvalue weighted by atomic mass is 9.97. The number of hydrogen-bond donors (Lipinski definition) is 2. The Labute approximate surface area is 116 Å². The summed E-state index contributed by atoms with van der Waals surface area (Å²) in [5.41, 5.74) is 5.81. The Morgan fingerprint density at radius 2 is 2.20 bits per heavy atom. The smallest absolute Gasteiger partial charge is 0.358 e. The first-order valence-electron chi connectivity index (χ1n) is 6.63. The fraction of sp³-hybridized carbons (Fsp3) is 0.667. The third kappa shape index (κ3) is 2.64. The van der Waals surface area contributed by atoms with Crippen LogP contribution in [0.15, 0.2) is 6.20 Å². The molecule has 8 nitrogen and oxygen atoms in total. The van der Waals surface area contributed by atoms with Gasteiger partial charge in [-0.2, -0.15) is 0 Å². The molecule has 1 saturated heterocycles. The Hall–Kier alpha value is -1.96. The molecule has 1 aliphatic rings.